The summed E-state index contributed by atoms with van der Waals surface area (Å²) in [6, 6.07) is 7.86. The first kappa shape index (κ1) is 26.5. The zero-order valence-corrected chi connectivity index (χ0v) is 20.8. The van der Waals surface area contributed by atoms with Crippen LogP contribution in [0.1, 0.15) is 72.3 Å². The molecule has 1 unspecified atom stereocenters. The van der Waals surface area contributed by atoms with Crippen molar-refractivity contribution in [2.24, 2.45) is 0 Å². The van der Waals surface area contributed by atoms with Crippen LogP contribution in [0.5, 0.6) is 5.75 Å². The lowest BCUT2D eigenvalue weighted by Gasteiger charge is -2.34. The molecule has 8 heteroatoms. The summed E-state index contributed by atoms with van der Waals surface area (Å²) in [6.07, 6.45) is 0.451. The average molecular weight is 462 g/mol. The van der Waals surface area contributed by atoms with Gasteiger partial charge in [0, 0.05) is 32.1 Å². The molecule has 0 aliphatic carbocycles. The first-order valence-electron chi connectivity index (χ1n) is 11.8. The number of carbonyl (C=O) groups is 3. The Morgan fingerprint density at radius 2 is 1.67 bits per heavy atom. The number of hydrogen-bond donors (Lipinski definition) is 2. The van der Waals surface area contributed by atoms with Crippen molar-refractivity contribution in [1.29, 1.82) is 0 Å². The van der Waals surface area contributed by atoms with Crippen molar-refractivity contribution in [3.8, 4) is 5.75 Å². The number of carbonyl (C=O) groups excluding carboxylic acids is 3. The van der Waals surface area contributed by atoms with Gasteiger partial charge in [0.1, 0.15) is 11.4 Å². The normalized spacial score (nSPS) is 15.7. The van der Waals surface area contributed by atoms with Gasteiger partial charge in [-0.3, -0.25) is 9.59 Å². The number of piperidine rings is 1. The first-order valence-corrected chi connectivity index (χ1v) is 11.8. The third-order valence-electron chi connectivity index (χ3n) is 5.40. The molecule has 0 radical (unpaired) electrons. The highest BCUT2D eigenvalue weighted by Crippen LogP contribution is 2.20. The van der Waals surface area contributed by atoms with E-state index in [9.17, 15) is 14.4 Å². The number of nitrogens with one attached hydrogen (secondary N) is 2. The largest absolute Gasteiger partial charge is 0.481 e. The van der Waals surface area contributed by atoms with E-state index in [1.165, 1.54) is 5.56 Å². The molecule has 1 heterocycles. The number of alkyl carbamates (subject to hydrolysis) is 1. The summed E-state index contributed by atoms with van der Waals surface area (Å²) < 4.78 is 11.0. The quantitative estimate of drug-likeness (QED) is 0.617. The zero-order chi connectivity index (χ0) is 24.6. The lowest BCUT2D eigenvalue weighted by atomic mass is 10.0. The summed E-state index contributed by atoms with van der Waals surface area (Å²) in [4.78, 5) is 38.4. The Balaban J connectivity index is 1.69. The molecule has 0 bridgehead atoms. The second kappa shape index (κ2) is 11.9. The van der Waals surface area contributed by atoms with E-state index in [2.05, 4.69) is 24.5 Å². The monoisotopic (exact) mass is 461 g/mol. The van der Waals surface area contributed by atoms with Crippen LogP contribution in [0.25, 0.3) is 0 Å². The molecule has 8 nitrogen and oxygen atoms in total. The highest BCUT2D eigenvalue weighted by Gasteiger charge is 2.27. The van der Waals surface area contributed by atoms with Crippen molar-refractivity contribution in [3.05, 3.63) is 29.8 Å². The number of rotatable bonds is 8. The minimum absolute atomic E-state index is 0.0166. The number of benzene rings is 1. The van der Waals surface area contributed by atoms with E-state index in [4.69, 9.17) is 9.47 Å². The van der Waals surface area contributed by atoms with Crippen LogP contribution in [0.2, 0.25) is 0 Å². The number of likely N-dealkylation sites (tertiary alicyclic amines) is 1. The van der Waals surface area contributed by atoms with E-state index in [1.807, 2.05) is 24.3 Å². The molecule has 1 aliphatic heterocycles. The van der Waals surface area contributed by atoms with Crippen molar-refractivity contribution in [3.63, 3.8) is 0 Å². The smallest absolute Gasteiger partial charge is 0.407 e. The molecular formula is C25H39N3O5. The Labute approximate surface area is 197 Å². The minimum Gasteiger partial charge on any atom is -0.481 e. The van der Waals surface area contributed by atoms with Crippen LogP contribution in [-0.4, -0.2) is 60.2 Å². The zero-order valence-electron chi connectivity index (χ0n) is 20.8. The summed E-state index contributed by atoms with van der Waals surface area (Å²) in [7, 11) is 0. The van der Waals surface area contributed by atoms with Crippen LogP contribution in [0.4, 0.5) is 4.79 Å². The fraction of sp³-hybridized carbons (Fsp3) is 0.640. The van der Waals surface area contributed by atoms with Gasteiger partial charge in [-0.05, 0) is 64.2 Å². The molecule has 1 aliphatic rings. The number of hydrogen-bond acceptors (Lipinski definition) is 5. The van der Waals surface area contributed by atoms with Crippen LogP contribution in [-0.2, 0) is 14.3 Å². The average Bonchev–Trinajstić information content (AvgIpc) is 2.72. The first-order chi connectivity index (χ1) is 15.4. The Morgan fingerprint density at radius 1 is 1.06 bits per heavy atom. The molecule has 2 rings (SSSR count). The molecular weight excluding hydrogens is 422 g/mol. The second-order valence-electron chi connectivity index (χ2n) is 9.83. The van der Waals surface area contributed by atoms with Gasteiger partial charge in [0.05, 0.1) is 0 Å². The van der Waals surface area contributed by atoms with Gasteiger partial charge < -0.3 is 25.0 Å². The highest BCUT2D eigenvalue weighted by molar-refractivity contribution is 5.81. The van der Waals surface area contributed by atoms with Gasteiger partial charge in [-0.15, -0.1) is 0 Å². The third-order valence-corrected chi connectivity index (χ3v) is 5.40. The molecule has 1 fully saturated rings. The number of ether oxygens (including phenoxy) is 2. The molecule has 184 valence electrons. The fourth-order valence-corrected chi connectivity index (χ4v) is 3.58. The van der Waals surface area contributed by atoms with E-state index in [-0.39, 0.29) is 30.8 Å². The van der Waals surface area contributed by atoms with Crippen molar-refractivity contribution >= 4 is 17.9 Å². The Hall–Kier alpha value is -2.77. The molecule has 33 heavy (non-hydrogen) atoms. The maximum atomic E-state index is 12.8. The summed E-state index contributed by atoms with van der Waals surface area (Å²) in [5.74, 6) is 0.954. The van der Waals surface area contributed by atoms with E-state index in [1.54, 1.807) is 32.6 Å². The molecule has 1 aromatic rings. The van der Waals surface area contributed by atoms with Gasteiger partial charge in [0.15, 0.2) is 6.10 Å². The summed E-state index contributed by atoms with van der Waals surface area (Å²) in [5.41, 5.74) is 0.657. The summed E-state index contributed by atoms with van der Waals surface area (Å²) in [5, 5.41) is 5.56. The van der Waals surface area contributed by atoms with Gasteiger partial charge in [-0.1, -0.05) is 26.0 Å². The minimum atomic E-state index is -0.571. The molecule has 0 saturated carbocycles. The molecule has 3 amide bonds. The van der Waals surface area contributed by atoms with Crippen molar-refractivity contribution in [2.45, 2.75) is 84.5 Å². The predicted octanol–water partition coefficient (Wildman–Crippen LogP) is 3.60. The molecule has 2 N–H and O–H groups in total. The summed E-state index contributed by atoms with van der Waals surface area (Å²) >= 11 is 0. The molecule has 0 spiro atoms. The molecule has 1 saturated heterocycles. The molecule has 1 aromatic carbocycles. The van der Waals surface area contributed by atoms with Crippen molar-refractivity contribution < 1.29 is 23.9 Å². The van der Waals surface area contributed by atoms with E-state index >= 15 is 0 Å². The standard InChI is InChI=1S/C25H39N3O5/c1-17(2)19-7-9-21(10-8-19)32-18(3)23(30)28-15-12-20(13-16-28)27-22(29)11-14-26-24(31)33-25(4,5)6/h7-10,17-18,20H,11-16H2,1-6H3,(H,26,31)(H,27,29). The van der Waals surface area contributed by atoms with Gasteiger partial charge in [0.25, 0.3) is 5.91 Å². The van der Waals surface area contributed by atoms with Crippen LogP contribution >= 0.6 is 0 Å². The Kier molecular flexibility index (Phi) is 9.56. The predicted molar refractivity (Wildman–Crippen MR) is 127 cm³/mol. The highest BCUT2D eigenvalue weighted by atomic mass is 16.6. The van der Waals surface area contributed by atoms with Crippen LogP contribution in [0.15, 0.2) is 24.3 Å². The third kappa shape index (κ3) is 9.32. The summed E-state index contributed by atoms with van der Waals surface area (Å²) in [6.45, 7) is 12.7. The lowest BCUT2D eigenvalue weighted by Crippen LogP contribution is -2.49. The topological polar surface area (TPSA) is 97.0 Å². The van der Waals surface area contributed by atoms with E-state index in [0.29, 0.717) is 37.6 Å². The van der Waals surface area contributed by atoms with Crippen molar-refractivity contribution in [2.75, 3.05) is 19.6 Å². The van der Waals surface area contributed by atoms with Gasteiger partial charge >= 0.3 is 6.09 Å². The lowest BCUT2D eigenvalue weighted by molar-refractivity contribution is -0.139. The van der Waals surface area contributed by atoms with Crippen LogP contribution in [0.3, 0.4) is 0 Å². The molecule has 0 aromatic heterocycles. The fourth-order valence-electron chi connectivity index (χ4n) is 3.58. The van der Waals surface area contributed by atoms with Gasteiger partial charge in [-0.25, -0.2) is 4.79 Å². The van der Waals surface area contributed by atoms with Gasteiger partial charge in [-0.2, -0.15) is 0 Å². The molecule has 1 atom stereocenters. The van der Waals surface area contributed by atoms with Gasteiger partial charge in [0.2, 0.25) is 5.91 Å². The number of amides is 3. The Bertz CT molecular complexity index is 793. The Morgan fingerprint density at radius 3 is 2.21 bits per heavy atom. The maximum Gasteiger partial charge on any atom is 0.407 e. The van der Waals surface area contributed by atoms with E-state index < -0.39 is 17.8 Å². The van der Waals surface area contributed by atoms with Crippen LogP contribution < -0.4 is 15.4 Å². The maximum absolute atomic E-state index is 12.8. The van der Waals surface area contributed by atoms with Crippen molar-refractivity contribution in [1.82, 2.24) is 15.5 Å². The van der Waals surface area contributed by atoms with Crippen LogP contribution in [0, 0.1) is 0 Å². The SMILES string of the molecule is CC(Oc1ccc(C(C)C)cc1)C(=O)N1CCC(NC(=O)CCNC(=O)OC(C)(C)C)CC1. The number of nitrogens with zero attached hydrogens (tertiary/aromatic N) is 1. The second-order valence-corrected chi connectivity index (χ2v) is 9.83. The van der Waals surface area contributed by atoms with E-state index in [0.717, 1.165) is 0 Å².